The van der Waals surface area contributed by atoms with E-state index < -0.39 is 11.6 Å². The van der Waals surface area contributed by atoms with Gasteiger partial charge in [0.25, 0.3) is 0 Å². The minimum Gasteiger partial charge on any atom is -0.352 e. The Labute approximate surface area is 159 Å². The van der Waals surface area contributed by atoms with Crippen molar-refractivity contribution in [3.63, 3.8) is 0 Å². The second kappa shape index (κ2) is 8.17. The molecule has 0 aliphatic heterocycles. The predicted octanol–water partition coefficient (Wildman–Crippen LogP) is 4.22. The highest BCUT2D eigenvalue weighted by Gasteiger charge is 2.45. The molecule has 2 aromatic rings. The zero-order valence-electron chi connectivity index (χ0n) is 16.0. The summed E-state index contributed by atoms with van der Waals surface area (Å²) in [6.07, 6.45) is 0.606. The summed E-state index contributed by atoms with van der Waals surface area (Å²) in [7, 11) is 2.09. The van der Waals surface area contributed by atoms with Gasteiger partial charge in [0.2, 0.25) is 5.91 Å². The van der Waals surface area contributed by atoms with Gasteiger partial charge in [0.1, 0.15) is 11.6 Å². The molecule has 0 spiro atoms. The van der Waals surface area contributed by atoms with Crippen LogP contribution in [0.25, 0.3) is 0 Å². The lowest BCUT2D eigenvalue weighted by atomic mass is 10.1. The Bertz CT molecular complexity index is 804. The largest absolute Gasteiger partial charge is 0.352 e. The standard InChI is InChI=1S/C22H26F2N2O/c1-14(2)26(3)13-16-6-4-15(5-7-16)12-25-22(27)20-11-19(20)18-9-8-17(23)10-21(18)24/h4-10,14,19-20H,11-13H2,1-3H3,(H,25,27)/t19-,20-/m0/s1. The molecule has 3 rings (SSSR count). The molecule has 0 aromatic heterocycles. The quantitative estimate of drug-likeness (QED) is 0.789. The molecule has 0 heterocycles. The molecule has 1 amide bonds. The maximum Gasteiger partial charge on any atom is 0.224 e. The molecule has 0 radical (unpaired) electrons. The van der Waals surface area contributed by atoms with Crippen molar-refractivity contribution in [2.24, 2.45) is 5.92 Å². The van der Waals surface area contributed by atoms with Crippen LogP contribution in [0.15, 0.2) is 42.5 Å². The Morgan fingerprint density at radius 1 is 1.15 bits per heavy atom. The molecule has 1 fully saturated rings. The third kappa shape index (κ3) is 4.92. The van der Waals surface area contributed by atoms with Crippen LogP contribution in [0.1, 0.15) is 42.9 Å². The summed E-state index contributed by atoms with van der Waals surface area (Å²) in [6, 6.07) is 12.2. The zero-order valence-corrected chi connectivity index (χ0v) is 16.0. The number of amides is 1. The molecule has 1 saturated carbocycles. The van der Waals surface area contributed by atoms with Gasteiger partial charge in [-0.2, -0.15) is 0 Å². The summed E-state index contributed by atoms with van der Waals surface area (Å²) in [5.74, 6) is -1.63. The molecule has 27 heavy (non-hydrogen) atoms. The van der Waals surface area contributed by atoms with E-state index in [0.717, 1.165) is 18.2 Å². The van der Waals surface area contributed by atoms with E-state index in [-0.39, 0.29) is 17.7 Å². The maximum atomic E-state index is 13.8. The monoisotopic (exact) mass is 372 g/mol. The Morgan fingerprint density at radius 3 is 2.44 bits per heavy atom. The van der Waals surface area contributed by atoms with Crippen LogP contribution < -0.4 is 5.32 Å². The van der Waals surface area contributed by atoms with Crippen molar-refractivity contribution in [3.8, 4) is 0 Å². The number of hydrogen-bond acceptors (Lipinski definition) is 2. The SMILES string of the molecule is CC(C)N(C)Cc1ccc(CNC(=O)[C@H]2C[C@H]2c2ccc(F)cc2F)cc1. The number of halogens is 2. The molecule has 1 aliphatic rings. The lowest BCUT2D eigenvalue weighted by Gasteiger charge is -2.21. The van der Waals surface area contributed by atoms with Gasteiger partial charge < -0.3 is 5.32 Å². The number of nitrogens with zero attached hydrogens (tertiary/aromatic N) is 1. The van der Waals surface area contributed by atoms with Gasteiger partial charge in [-0.15, -0.1) is 0 Å². The Kier molecular flexibility index (Phi) is 5.90. The highest BCUT2D eigenvalue weighted by atomic mass is 19.1. The van der Waals surface area contributed by atoms with Crippen molar-refractivity contribution in [1.29, 1.82) is 0 Å². The van der Waals surface area contributed by atoms with Crippen LogP contribution in [0.2, 0.25) is 0 Å². The molecule has 144 valence electrons. The molecule has 1 aliphatic carbocycles. The highest BCUT2D eigenvalue weighted by Crippen LogP contribution is 2.48. The van der Waals surface area contributed by atoms with Crippen molar-refractivity contribution >= 4 is 5.91 Å². The van der Waals surface area contributed by atoms with Gasteiger partial charge in [-0.1, -0.05) is 30.3 Å². The average molecular weight is 372 g/mol. The van der Waals surface area contributed by atoms with E-state index >= 15 is 0 Å². The molecular formula is C22H26F2N2O. The van der Waals surface area contributed by atoms with Crippen LogP contribution in [-0.2, 0) is 17.9 Å². The molecule has 0 unspecified atom stereocenters. The number of rotatable bonds is 7. The lowest BCUT2D eigenvalue weighted by Crippen LogP contribution is -2.26. The predicted molar refractivity (Wildman–Crippen MR) is 102 cm³/mol. The molecule has 0 saturated heterocycles. The molecule has 3 nitrogen and oxygen atoms in total. The summed E-state index contributed by atoms with van der Waals surface area (Å²) in [4.78, 5) is 14.6. The number of hydrogen-bond donors (Lipinski definition) is 1. The molecule has 1 N–H and O–H groups in total. The fourth-order valence-corrected chi connectivity index (χ4v) is 3.18. The highest BCUT2D eigenvalue weighted by molar-refractivity contribution is 5.82. The van der Waals surface area contributed by atoms with Crippen LogP contribution in [0.3, 0.4) is 0 Å². The summed E-state index contributed by atoms with van der Waals surface area (Å²) in [6.45, 7) is 5.66. The van der Waals surface area contributed by atoms with E-state index in [1.807, 2.05) is 12.1 Å². The Morgan fingerprint density at radius 2 is 1.81 bits per heavy atom. The number of benzene rings is 2. The fraction of sp³-hybridized carbons (Fsp3) is 0.409. The molecule has 2 atom stereocenters. The van der Waals surface area contributed by atoms with Crippen LogP contribution in [0.4, 0.5) is 8.78 Å². The summed E-state index contributed by atoms with van der Waals surface area (Å²) >= 11 is 0. The lowest BCUT2D eigenvalue weighted by molar-refractivity contribution is -0.122. The van der Waals surface area contributed by atoms with E-state index in [4.69, 9.17) is 0 Å². The van der Waals surface area contributed by atoms with E-state index in [1.165, 1.54) is 17.7 Å². The summed E-state index contributed by atoms with van der Waals surface area (Å²) in [5.41, 5.74) is 2.69. The van der Waals surface area contributed by atoms with Crippen molar-refractivity contribution in [1.82, 2.24) is 10.2 Å². The van der Waals surface area contributed by atoms with E-state index in [2.05, 4.69) is 43.2 Å². The topological polar surface area (TPSA) is 32.3 Å². The third-order valence-corrected chi connectivity index (χ3v) is 5.29. The van der Waals surface area contributed by atoms with Gasteiger partial charge in [0, 0.05) is 31.1 Å². The maximum absolute atomic E-state index is 13.8. The van der Waals surface area contributed by atoms with Crippen molar-refractivity contribution in [2.45, 2.75) is 45.3 Å². The van der Waals surface area contributed by atoms with Gasteiger partial charge in [0.05, 0.1) is 0 Å². The van der Waals surface area contributed by atoms with Crippen molar-refractivity contribution in [3.05, 3.63) is 70.8 Å². The summed E-state index contributed by atoms with van der Waals surface area (Å²) < 4.78 is 26.8. The first-order chi connectivity index (χ1) is 12.8. The minimum atomic E-state index is -0.596. The van der Waals surface area contributed by atoms with Crippen LogP contribution in [0.5, 0.6) is 0 Å². The zero-order chi connectivity index (χ0) is 19.6. The number of carbonyl (C=O) groups excluding carboxylic acids is 1. The second-order valence-corrected chi connectivity index (χ2v) is 7.66. The Hall–Kier alpha value is -2.27. The van der Waals surface area contributed by atoms with Gasteiger partial charge in [-0.05, 0) is 56.0 Å². The smallest absolute Gasteiger partial charge is 0.224 e. The van der Waals surface area contributed by atoms with E-state index in [0.29, 0.717) is 24.6 Å². The number of carbonyl (C=O) groups is 1. The third-order valence-electron chi connectivity index (χ3n) is 5.29. The van der Waals surface area contributed by atoms with Gasteiger partial charge in [0.15, 0.2) is 0 Å². The number of nitrogens with one attached hydrogen (secondary N) is 1. The summed E-state index contributed by atoms with van der Waals surface area (Å²) in [5, 5.41) is 2.92. The van der Waals surface area contributed by atoms with Crippen LogP contribution in [0, 0.1) is 17.6 Å². The fourth-order valence-electron chi connectivity index (χ4n) is 3.18. The van der Waals surface area contributed by atoms with Crippen LogP contribution in [-0.4, -0.2) is 23.9 Å². The molecule has 2 aromatic carbocycles. The van der Waals surface area contributed by atoms with Crippen molar-refractivity contribution < 1.29 is 13.6 Å². The first-order valence-corrected chi connectivity index (χ1v) is 9.36. The average Bonchev–Trinajstić information content (AvgIpc) is 3.41. The normalized spacial score (nSPS) is 18.8. The van der Waals surface area contributed by atoms with Crippen LogP contribution >= 0.6 is 0 Å². The first-order valence-electron chi connectivity index (χ1n) is 9.36. The van der Waals surface area contributed by atoms with Gasteiger partial charge >= 0.3 is 0 Å². The minimum absolute atomic E-state index is 0.0765. The Balaban J connectivity index is 1.50. The van der Waals surface area contributed by atoms with E-state index in [9.17, 15) is 13.6 Å². The molecule has 5 heteroatoms. The van der Waals surface area contributed by atoms with Gasteiger partial charge in [-0.25, -0.2) is 8.78 Å². The van der Waals surface area contributed by atoms with Crippen molar-refractivity contribution in [2.75, 3.05) is 7.05 Å². The van der Waals surface area contributed by atoms with E-state index in [1.54, 1.807) is 0 Å². The molecular weight excluding hydrogens is 346 g/mol. The van der Waals surface area contributed by atoms with Gasteiger partial charge in [-0.3, -0.25) is 9.69 Å². The molecule has 0 bridgehead atoms. The first kappa shape index (κ1) is 19.5. The second-order valence-electron chi connectivity index (χ2n) is 7.66.